The highest BCUT2D eigenvalue weighted by atomic mass is 16.6. The molecule has 6 N–H and O–H groups in total. The quantitative estimate of drug-likeness (QED) is 0.224. The number of Topliss-reactive ketones (excluding diaryl/α,β-unsaturated/α-hetero) is 2. The number of carbonyl (C=O) groups excluding carboxylic acids is 3. The van der Waals surface area contributed by atoms with E-state index in [0.717, 1.165) is 0 Å². The molecule has 1 saturated carbocycles. The molecule has 1 aromatic rings. The van der Waals surface area contributed by atoms with Crippen LogP contribution in [0.2, 0.25) is 0 Å². The molecule has 0 radical (unpaired) electrons. The molecule has 4 rings (SSSR count). The Morgan fingerprint density at radius 2 is 1.81 bits per heavy atom. The molecule has 0 saturated heterocycles. The van der Waals surface area contributed by atoms with Crippen LogP contribution in [-0.2, 0) is 25.6 Å². The molecule has 198 valence electrons. The first kappa shape index (κ1) is 26.4. The lowest BCUT2D eigenvalue weighted by atomic mass is 9.46. The lowest BCUT2D eigenvalue weighted by Crippen LogP contribution is -2.72. The number of benzene rings is 1. The third kappa shape index (κ3) is 3.20. The molecule has 3 aliphatic carbocycles. The Kier molecular flexibility index (Phi) is 5.81. The molecule has 0 unspecified atom stereocenters. The van der Waals surface area contributed by atoms with Gasteiger partial charge in [-0.2, -0.15) is 0 Å². The van der Waals surface area contributed by atoms with E-state index in [4.69, 9.17) is 10.6 Å². The fourth-order valence-electron chi connectivity index (χ4n) is 6.85. The Morgan fingerprint density at radius 1 is 1.19 bits per heavy atom. The SMILES string of the molecule is CO/N=C(\C)c1ccc(O)c2c1C[C@@]1(C)C[C@@]3(C)[C@H](N(C)C)C(=O)C(C(N)=O)=C(O)[C@@]3(O)C(=O)C1=C2O. The molecule has 0 bridgehead atoms. The topological polar surface area (TPSA) is 183 Å². The second-order valence-electron chi connectivity index (χ2n) is 10.8. The van der Waals surface area contributed by atoms with Crippen molar-refractivity contribution in [3.63, 3.8) is 0 Å². The number of hydrogen-bond acceptors (Lipinski definition) is 10. The van der Waals surface area contributed by atoms with Crippen molar-refractivity contribution in [2.45, 2.75) is 45.3 Å². The Balaban J connectivity index is 2.09. The monoisotopic (exact) mass is 513 g/mol. The highest BCUT2D eigenvalue weighted by Gasteiger charge is 2.72. The van der Waals surface area contributed by atoms with Crippen LogP contribution in [-0.4, -0.2) is 81.4 Å². The van der Waals surface area contributed by atoms with Crippen LogP contribution in [0.5, 0.6) is 5.75 Å². The molecule has 0 heterocycles. The fraction of sp³-hybridized carbons (Fsp3) is 0.462. The normalized spacial score (nSPS) is 31.8. The van der Waals surface area contributed by atoms with Gasteiger partial charge in [-0.1, -0.05) is 19.0 Å². The molecular formula is C26H31N3O8. The molecular weight excluding hydrogens is 482 g/mol. The van der Waals surface area contributed by atoms with Crippen molar-refractivity contribution in [2.75, 3.05) is 21.2 Å². The van der Waals surface area contributed by atoms with Crippen molar-refractivity contribution in [2.24, 2.45) is 21.7 Å². The van der Waals surface area contributed by atoms with Gasteiger partial charge < -0.3 is 31.0 Å². The van der Waals surface area contributed by atoms with E-state index < -0.39 is 57.0 Å². The highest BCUT2D eigenvalue weighted by Crippen LogP contribution is 2.63. The van der Waals surface area contributed by atoms with Gasteiger partial charge in [-0.3, -0.25) is 19.3 Å². The fourth-order valence-corrected chi connectivity index (χ4v) is 6.85. The number of aliphatic hydroxyl groups is 3. The molecule has 37 heavy (non-hydrogen) atoms. The molecule has 11 nitrogen and oxygen atoms in total. The van der Waals surface area contributed by atoms with Crippen LogP contribution in [0, 0.1) is 10.8 Å². The average Bonchev–Trinajstić information content (AvgIpc) is 2.75. The van der Waals surface area contributed by atoms with Crippen molar-refractivity contribution in [3.05, 3.63) is 45.7 Å². The summed E-state index contributed by atoms with van der Waals surface area (Å²) < 4.78 is 0. The number of primary amides is 1. The van der Waals surface area contributed by atoms with Gasteiger partial charge in [0.25, 0.3) is 5.91 Å². The van der Waals surface area contributed by atoms with E-state index in [1.54, 1.807) is 34.0 Å². The van der Waals surface area contributed by atoms with E-state index in [-0.39, 0.29) is 29.7 Å². The number of hydrogen-bond donors (Lipinski definition) is 5. The van der Waals surface area contributed by atoms with Crippen LogP contribution in [0.1, 0.15) is 43.9 Å². The summed E-state index contributed by atoms with van der Waals surface area (Å²) in [6, 6.07) is 1.76. The molecule has 0 aliphatic heterocycles. The van der Waals surface area contributed by atoms with Gasteiger partial charge in [-0.05, 0) is 51.6 Å². The maximum Gasteiger partial charge on any atom is 0.255 e. The van der Waals surface area contributed by atoms with Crippen molar-refractivity contribution in [1.82, 2.24) is 4.90 Å². The van der Waals surface area contributed by atoms with E-state index in [1.807, 2.05) is 0 Å². The number of nitrogens with zero attached hydrogens (tertiary/aromatic N) is 2. The number of aliphatic hydroxyl groups excluding tert-OH is 2. The van der Waals surface area contributed by atoms with Crippen LogP contribution >= 0.6 is 0 Å². The number of nitrogens with two attached hydrogens (primary N) is 1. The first-order valence-corrected chi connectivity index (χ1v) is 11.7. The first-order chi connectivity index (χ1) is 17.1. The van der Waals surface area contributed by atoms with Crippen molar-refractivity contribution in [3.8, 4) is 5.75 Å². The predicted molar refractivity (Wildman–Crippen MR) is 133 cm³/mol. The Labute approximate surface area is 213 Å². The number of fused-ring (bicyclic) bond motifs is 3. The van der Waals surface area contributed by atoms with E-state index in [0.29, 0.717) is 16.8 Å². The van der Waals surface area contributed by atoms with Crippen LogP contribution in [0.25, 0.3) is 5.76 Å². The highest BCUT2D eigenvalue weighted by molar-refractivity contribution is 6.25. The number of ketones is 2. The minimum Gasteiger partial charge on any atom is -0.508 e. The summed E-state index contributed by atoms with van der Waals surface area (Å²) >= 11 is 0. The number of carbonyl (C=O) groups is 3. The maximum atomic E-state index is 14.2. The van der Waals surface area contributed by atoms with Crippen LogP contribution in [0.3, 0.4) is 0 Å². The molecule has 1 fully saturated rings. The van der Waals surface area contributed by atoms with Crippen LogP contribution < -0.4 is 5.73 Å². The standard InChI is InChI=1S/C26H31N3O8/c1-11(28-37-6)12-7-8-14(30)15-13(12)9-24(2)10-25(3)20(29(4)5)19(32)16(23(27)35)21(33)26(25,36)22(34)17(24)18(15)31/h7-8,20,30-31,33,36H,9-10H2,1-6H3,(H2,27,35)/b28-11+/t20-,24+,25+,26-/m1/s1. The molecule has 11 heteroatoms. The molecule has 0 spiro atoms. The summed E-state index contributed by atoms with van der Waals surface area (Å²) in [7, 11) is 4.50. The maximum absolute atomic E-state index is 14.2. The minimum absolute atomic E-state index is 0.00850. The largest absolute Gasteiger partial charge is 0.508 e. The number of oxime groups is 1. The number of phenolic OH excluding ortho intramolecular Hbond substituents is 1. The van der Waals surface area contributed by atoms with E-state index in [2.05, 4.69) is 5.16 Å². The summed E-state index contributed by atoms with van der Waals surface area (Å²) in [5.41, 5.74) is 0.308. The zero-order valence-corrected chi connectivity index (χ0v) is 21.5. The Bertz CT molecular complexity index is 1360. The minimum atomic E-state index is -2.75. The van der Waals surface area contributed by atoms with Crippen molar-refractivity contribution < 1.29 is 39.6 Å². The third-order valence-electron chi connectivity index (χ3n) is 8.13. The molecule has 4 atom stereocenters. The molecule has 3 aliphatic rings. The molecule has 1 amide bonds. The zero-order valence-electron chi connectivity index (χ0n) is 21.5. The first-order valence-electron chi connectivity index (χ1n) is 11.7. The van der Waals surface area contributed by atoms with Gasteiger partial charge in [0.1, 0.15) is 30.0 Å². The van der Waals surface area contributed by atoms with E-state index in [1.165, 1.54) is 25.0 Å². The van der Waals surface area contributed by atoms with Crippen LogP contribution in [0.15, 0.2) is 34.2 Å². The van der Waals surface area contributed by atoms with E-state index >= 15 is 0 Å². The van der Waals surface area contributed by atoms with Crippen LogP contribution in [0.4, 0.5) is 0 Å². The Hall–Kier alpha value is -3.70. The molecule has 1 aromatic carbocycles. The summed E-state index contributed by atoms with van der Waals surface area (Å²) in [4.78, 5) is 46.1. The van der Waals surface area contributed by atoms with Gasteiger partial charge in [0.2, 0.25) is 5.78 Å². The van der Waals surface area contributed by atoms with Gasteiger partial charge in [-0.15, -0.1) is 0 Å². The second-order valence-corrected chi connectivity index (χ2v) is 10.8. The van der Waals surface area contributed by atoms with Crippen molar-refractivity contribution >= 4 is 28.9 Å². The smallest absolute Gasteiger partial charge is 0.255 e. The van der Waals surface area contributed by atoms with Gasteiger partial charge in [-0.25, -0.2) is 0 Å². The third-order valence-corrected chi connectivity index (χ3v) is 8.13. The van der Waals surface area contributed by atoms with Gasteiger partial charge in [0, 0.05) is 22.0 Å². The van der Waals surface area contributed by atoms with Crippen molar-refractivity contribution in [1.29, 1.82) is 0 Å². The van der Waals surface area contributed by atoms with Gasteiger partial charge in [0.15, 0.2) is 11.4 Å². The predicted octanol–water partition coefficient (Wildman–Crippen LogP) is 1.11. The summed E-state index contributed by atoms with van der Waals surface area (Å²) in [5, 5.41) is 49.1. The van der Waals surface area contributed by atoms with E-state index in [9.17, 15) is 34.8 Å². The second kappa shape index (κ2) is 8.15. The molecule has 0 aromatic heterocycles. The number of amides is 1. The lowest BCUT2D eigenvalue weighted by molar-refractivity contribution is -0.176. The van der Waals surface area contributed by atoms with Gasteiger partial charge >= 0.3 is 0 Å². The number of phenols is 1. The number of aromatic hydroxyl groups is 1. The summed E-state index contributed by atoms with van der Waals surface area (Å²) in [6.07, 6.45) is 0.0717. The van der Waals surface area contributed by atoms with Gasteiger partial charge in [0.05, 0.1) is 17.3 Å². The number of likely N-dealkylation sites (N-methyl/N-ethyl adjacent to an activating group) is 1. The summed E-state index contributed by atoms with van der Waals surface area (Å²) in [6.45, 7) is 4.90. The zero-order chi connectivity index (χ0) is 27.8. The average molecular weight is 514 g/mol. The number of rotatable bonds is 4. The lowest BCUT2D eigenvalue weighted by Gasteiger charge is -2.59. The summed E-state index contributed by atoms with van der Waals surface area (Å²) in [5.74, 6) is -5.17. The Morgan fingerprint density at radius 3 is 2.35 bits per heavy atom.